The lowest BCUT2D eigenvalue weighted by Gasteiger charge is -2.17. The smallest absolute Gasteiger partial charge is 0.108 e. The number of pyridine rings is 1. The summed E-state index contributed by atoms with van der Waals surface area (Å²) in [7, 11) is 0. The monoisotopic (exact) mass is 256 g/mol. The first-order chi connectivity index (χ1) is 6.58. The van der Waals surface area contributed by atoms with E-state index in [0.29, 0.717) is 6.04 Å². The molecule has 0 aliphatic carbocycles. The maximum Gasteiger partial charge on any atom is 0.108 e. The van der Waals surface area contributed by atoms with Crippen LogP contribution in [0.25, 0.3) is 0 Å². The second-order valence-electron chi connectivity index (χ2n) is 4.04. The van der Waals surface area contributed by atoms with Crippen molar-refractivity contribution >= 4 is 21.6 Å². The first kappa shape index (κ1) is 11.5. The highest BCUT2D eigenvalue weighted by molar-refractivity contribution is 9.10. The van der Waals surface area contributed by atoms with Gasteiger partial charge in [0.15, 0.2) is 0 Å². The normalized spacial score (nSPS) is 12.9. The van der Waals surface area contributed by atoms with Crippen molar-refractivity contribution in [2.45, 2.75) is 33.2 Å². The minimum atomic E-state index is 0.504. The second kappa shape index (κ2) is 5.35. The van der Waals surface area contributed by atoms with Crippen molar-refractivity contribution in [2.24, 2.45) is 5.92 Å². The van der Waals surface area contributed by atoms with Gasteiger partial charge in [0.1, 0.15) is 4.60 Å². The molecule has 0 bridgehead atoms. The Bertz CT molecular complexity index is 286. The van der Waals surface area contributed by atoms with Crippen molar-refractivity contribution in [1.29, 1.82) is 0 Å². The largest absolute Gasteiger partial charge is 0.382 e. The molecule has 3 heteroatoms. The van der Waals surface area contributed by atoms with E-state index in [1.807, 2.05) is 12.1 Å². The van der Waals surface area contributed by atoms with Crippen molar-refractivity contribution < 1.29 is 0 Å². The van der Waals surface area contributed by atoms with E-state index in [9.17, 15) is 0 Å². The molecule has 0 aliphatic rings. The SMILES string of the molecule is CC(C)CC(C)Nc1ccnc(Br)c1. The van der Waals surface area contributed by atoms with Crippen LogP contribution < -0.4 is 5.32 Å². The molecular weight excluding hydrogens is 240 g/mol. The summed E-state index contributed by atoms with van der Waals surface area (Å²) in [6.07, 6.45) is 2.98. The van der Waals surface area contributed by atoms with Crippen molar-refractivity contribution in [3.05, 3.63) is 22.9 Å². The van der Waals surface area contributed by atoms with E-state index in [1.54, 1.807) is 6.20 Å². The van der Waals surface area contributed by atoms with E-state index in [4.69, 9.17) is 0 Å². The molecule has 1 rings (SSSR count). The number of nitrogens with zero attached hydrogens (tertiary/aromatic N) is 1. The molecule has 1 aromatic heterocycles. The van der Waals surface area contributed by atoms with Crippen LogP contribution in [0.1, 0.15) is 27.2 Å². The molecule has 0 saturated carbocycles. The zero-order chi connectivity index (χ0) is 10.6. The molecule has 0 aliphatic heterocycles. The van der Waals surface area contributed by atoms with Crippen LogP contribution in [0, 0.1) is 5.92 Å². The van der Waals surface area contributed by atoms with Gasteiger partial charge in [-0.25, -0.2) is 4.98 Å². The van der Waals surface area contributed by atoms with E-state index < -0.39 is 0 Å². The summed E-state index contributed by atoms with van der Waals surface area (Å²) in [5.74, 6) is 0.725. The van der Waals surface area contributed by atoms with Gasteiger partial charge in [0.2, 0.25) is 0 Å². The Morgan fingerprint density at radius 1 is 1.43 bits per heavy atom. The summed E-state index contributed by atoms with van der Waals surface area (Å²) in [5.41, 5.74) is 1.13. The van der Waals surface area contributed by atoms with Gasteiger partial charge in [-0.1, -0.05) is 13.8 Å². The molecule has 14 heavy (non-hydrogen) atoms. The van der Waals surface area contributed by atoms with E-state index >= 15 is 0 Å². The zero-order valence-corrected chi connectivity index (χ0v) is 10.5. The van der Waals surface area contributed by atoms with Crippen molar-refractivity contribution in [2.75, 3.05) is 5.32 Å². The number of hydrogen-bond donors (Lipinski definition) is 1. The lowest BCUT2D eigenvalue weighted by Crippen LogP contribution is -2.17. The summed E-state index contributed by atoms with van der Waals surface area (Å²) in [5, 5.41) is 3.44. The third-order valence-electron chi connectivity index (χ3n) is 1.96. The number of hydrogen-bond acceptors (Lipinski definition) is 2. The number of aromatic nitrogens is 1. The first-order valence-electron chi connectivity index (χ1n) is 4.96. The molecule has 1 heterocycles. The zero-order valence-electron chi connectivity index (χ0n) is 8.92. The summed E-state index contributed by atoms with van der Waals surface area (Å²) in [6.45, 7) is 6.68. The van der Waals surface area contributed by atoms with Crippen LogP contribution in [0.5, 0.6) is 0 Å². The molecule has 0 amide bonds. The average Bonchev–Trinajstić information content (AvgIpc) is 2.01. The van der Waals surface area contributed by atoms with Gasteiger partial charge in [0, 0.05) is 17.9 Å². The molecule has 1 atom stereocenters. The van der Waals surface area contributed by atoms with Crippen LogP contribution in [0.15, 0.2) is 22.9 Å². The Balaban J connectivity index is 2.51. The molecule has 1 unspecified atom stereocenters. The molecule has 0 saturated heterocycles. The van der Waals surface area contributed by atoms with Crippen LogP contribution in [-0.4, -0.2) is 11.0 Å². The van der Waals surface area contributed by atoms with E-state index in [1.165, 1.54) is 6.42 Å². The first-order valence-corrected chi connectivity index (χ1v) is 5.75. The van der Waals surface area contributed by atoms with Crippen molar-refractivity contribution in [3.63, 3.8) is 0 Å². The molecular formula is C11H17BrN2. The highest BCUT2D eigenvalue weighted by atomic mass is 79.9. The summed E-state index contributed by atoms with van der Waals surface area (Å²) >= 11 is 3.35. The molecule has 78 valence electrons. The Kier molecular flexibility index (Phi) is 4.39. The fourth-order valence-corrected chi connectivity index (χ4v) is 1.91. The Morgan fingerprint density at radius 3 is 2.71 bits per heavy atom. The minimum Gasteiger partial charge on any atom is -0.382 e. The summed E-state index contributed by atoms with van der Waals surface area (Å²) < 4.78 is 0.874. The number of nitrogens with one attached hydrogen (secondary N) is 1. The van der Waals surface area contributed by atoms with E-state index in [-0.39, 0.29) is 0 Å². The van der Waals surface area contributed by atoms with Crippen molar-refractivity contribution in [1.82, 2.24) is 4.98 Å². The molecule has 0 aromatic carbocycles. The minimum absolute atomic E-state index is 0.504. The molecule has 1 N–H and O–H groups in total. The highest BCUT2D eigenvalue weighted by Gasteiger charge is 2.04. The maximum atomic E-state index is 4.08. The van der Waals surface area contributed by atoms with Gasteiger partial charge in [-0.05, 0) is 47.3 Å². The van der Waals surface area contributed by atoms with Crippen molar-refractivity contribution in [3.8, 4) is 0 Å². The van der Waals surface area contributed by atoms with Crippen LogP contribution in [0.3, 0.4) is 0 Å². The number of halogens is 1. The van der Waals surface area contributed by atoms with Gasteiger partial charge in [-0.15, -0.1) is 0 Å². The Labute approximate surface area is 94.3 Å². The number of anilines is 1. The van der Waals surface area contributed by atoms with Gasteiger partial charge in [0.05, 0.1) is 0 Å². The quantitative estimate of drug-likeness (QED) is 0.832. The second-order valence-corrected chi connectivity index (χ2v) is 4.85. The van der Waals surface area contributed by atoms with Gasteiger partial charge < -0.3 is 5.32 Å². The van der Waals surface area contributed by atoms with Gasteiger partial charge in [-0.2, -0.15) is 0 Å². The lowest BCUT2D eigenvalue weighted by molar-refractivity contribution is 0.540. The maximum absolute atomic E-state index is 4.08. The van der Waals surface area contributed by atoms with Gasteiger partial charge in [0.25, 0.3) is 0 Å². The predicted octanol–water partition coefficient (Wildman–Crippen LogP) is 3.69. The summed E-state index contributed by atoms with van der Waals surface area (Å²) in [4.78, 5) is 4.08. The predicted molar refractivity (Wildman–Crippen MR) is 64.5 cm³/mol. The topological polar surface area (TPSA) is 24.9 Å². The highest BCUT2D eigenvalue weighted by Crippen LogP contribution is 2.15. The van der Waals surface area contributed by atoms with Crippen LogP contribution in [0.2, 0.25) is 0 Å². The third kappa shape index (κ3) is 4.09. The van der Waals surface area contributed by atoms with Gasteiger partial charge in [-0.3, -0.25) is 0 Å². The van der Waals surface area contributed by atoms with Gasteiger partial charge >= 0.3 is 0 Å². The average molecular weight is 257 g/mol. The molecule has 2 nitrogen and oxygen atoms in total. The lowest BCUT2D eigenvalue weighted by atomic mass is 10.1. The van der Waals surface area contributed by atoms with E-state index in [2.05, 4.69) is 47.0 Å². The fraction of sp³-hybridized carbons (Fsp3) is 0.545. The molecule has 0 spiro atoms. The Hall–Kier alpha value is -0.570. The van der Waals surface area contributed by atoms with Crippen LogP contribution in [0.4, 0.5) is 5.69 Å². The third-order valence-corrected chi connectivity index (χ3v) is 2.40. The molecule has 0 fully saturated rings. The fourth-order valence-electron chi connectivity index (χ4n) is 1.54. The standard InChI is InChI=1S/C11H17BrN2/c1-8(2)6-9(3)14-10-4-5-13-11(12)7-10/h4-5,7-9H,6H2,1-3H3,(H,13,14). The van der Waals surface area contributed by atoms with Crippen LogP contribution in [-0.2, 0) is 0 Å². The van der Waals surface area contributed by atoms with Crippen LogP contribution >= 0.6 is 15.9 Å². The molecule has 1 aromatic rings. The summed E-state index contributed by atoms with van der Waals surface area (Å²) in [6, 6.07) is 4.49. The number of rotatable bonds is 4. The van der Waals surface area contributed by atoms with E-state index in [0.717, 1.165) is 16.2 Å². The Morgan fingerprint density at radius 2 is 2.14 bits per heavy atom. The molecule has 0 radical (unpaired) electrons.